The minimum atomic E-state index is -0.963. The highest BCUT2D eigenvalue weighted by atomic mass is 16.5. The Morgan fingerprint density at radius 2 is 1.58 bits per heavy atom. The fourth-order valence-electron chi connectivity index (χ4n) is 3.09. The molecule has 8 heteroatoms. The van der Waals surface area contributed by atoms with Crippen molar-refractivity contribution in [1.29, 1.82) is 0 Å². The summed E-state index contributed by atoms with van der Waals surface area (Å²) >= 11 is 0. The smallest absolute Gasteiger partial charge is 0.309 e. The number of aliphatic hydroxyl groups is 1. The molecule has 0 saturated carbocycles. The van der Waals surface area contributed by atoms with E-state index in [1.165, 1.54) is 28.4 Å². The number of carbonyl (C=O) groups excluding carboxylic acids is 1. The summed E-state index contributed by atoms with van der Waals surface area (Å²) in [6, 6.07) is 9.95. The molecule has 0 aliphatic rings. The van der Waals surface area contributed by atoms with Crippen LogP contribution in [0.15, 0.2) is 36.4 Å². The minimum Gasteiger partial charge on any atom is -0.493 e. The predicted molar refractivity (Wildman–Crippen MR) is 116 cm³/mol. The lowest BCUT2D eigenvalue weighted by Gasteiger charge is -2.26. The number of esters is 1. The van der Waals surface area contributed by atoms with Crippen LogP contribution < -0.4 is 24.7 Å². The molecular weight excluding hydrogens is 402 g/mol. The molecule has 0 heterocycles. The van der Waals surface area contributed by atoms with Gasteiger partial charge in [0.15, 0.2) is 11.5 Å². The van der Waals surface area contributed by atoms with Crippen LogP contribution in [0.5, 0.6) is 23.0 Å². The predicted octanol–water partition coefficient (Wildman–Crippen LogP) is 2.50. The van der Waals surface area contributed by atoms with Gasteiger partial charge in [-0.25, -0.2) is 0 Å². The number of benzene rings is 2. The second kappa shape index (κ2) is 11.4. The van der Waals surface area contributed by atoms with Gasteiger partial charge >= 0.3 is 5.97 Å². The van der Waals surface area contributed by atoms with Crippen molar-refractivity contribution in [2.45, 2.75) is 25.5 Å². The number of hydrogen-bond donors (Lipinski definition) is 2. The van der Waals surface area contributed by atoms with E-state index in [2.05, 4.69) is 4.74 Å². The maximum absolute atomic E-state index is 11.3. The second-order valence-electron chi connectivity index (χ2n) is 7.17. The van der Waals surface area contributed by atoms with Crippen molar-refractivity contribution in [3.63, 3.8) is 0 Å². The van der Waals surface area contributed by atoms with E-state index >= 15 is 0 Å². The molecule has 0 spiro atoms. The normalized spacial score (nSPS) is 13.6. The average Bonchev–Trinajstić information content (AvgIpc) is 2.81. The molecule has 0 aliphatic heterocycles. The molecule has 8 nitrogen and oxygen atoms in total. The van der Waals surface area contributed by atoms with Gasteiger partial charge in [0.05, 0.1) is 47.6 Å². The standard InChI is InChI=1S/C23H31NO7/c1-14(13-31-17-8-6-15(7-9-17)10-20(25)29-4)21(24)22(26)16-11-18(27-2)23(30-5)19(12-16)28-3/h6-9,11-12,14,21-22,26H,10,13,24H2,1-5H3. The number of hydrogen-bond acceptors (Lipinski definition) is 8. The molecule has 3 unspecified atom stereocenters. The molecule has 170 valence electrons. The highest BCUT2D eigenvalue weighted by molar-refractivity contribution is 5.72. The van der Waals surface area contributed by atoms with Crippen LogP contribution >= 0.6 is 0 Å². The fraction of sp³-hybridized carbons (Fsp3) is 0.435. The van der Waals surface area contributed by atoms with Crippen molar-refractivity contribution in [3.05, 3.63) is 47.5 Å². The van der Waals surface area contributed by atoms with Crippen LogP contribution in [0.4, 0.5) is 0 Å². The van der Waals surface area contributed by atoms with Crippen molar-refractivity contribution in [1.82, 2.24) is 0 Å². The lowest BCUT2D eigenvalue weighted by atomic mass is 9.93. The van der Waals surface area contributed by atoms with E-state index in [9.17, 15) is 9.90 Å². The zero-order chi connectivity index (χ0) is 23.0. The number of rotatable bonds is 11. The maximum atomic E-state index is 11.3. The van der Waals surface area contributed by atoms with E-state index in [1.54, 1.807) is 24.3 Å². The number of carbonyl (C=O) groups is 1. The largest absolute Gasteiger partial charge is 0.493 e. The van der Waals surface area contributed by atoms with Crippen molar-refractivity contribution < 1.29 is 33.6 Å². The maximum Gasteiger partial charge on any atom is 0.309 e. The number of ether oxygens (including phenoxy) is 5. The first-order chi connectivity index (χ1) is 14.8. The summed E-state index contributed by atoms with van der Waals surface area (Å²) in [5, 5.41) is 10.8. The first kappa shape index (κ1) is 24.3. The van der Waals surface area contributed by atoms with Crippen LogP contribution in [-0.2, 0) is 16.0 Å². The van der Waals surface area contributed by atoms with Crippen molar-refractivity contribution in [2.75, 3.05) is 35.0 Å². The van der Waals surface area contributed by atoms with Crippen LogP contribution in [0, 0.1) is 5.92 Å². The van der Waals surface area contributed by atoms with Gasteiger partial charge in [-0.3, -0.25) is 4.79 Å². The zero-order valence-corrected chi connectivity index (χ0v) is 18.6. The summed E-state index contributed by atoms with van der Waals surface area (Å²) in [5.74, 6) is 1.52. The van der Waals surface area contributed by atoms with Crippen molar-refractivity contribution in [3.8, 4) is 23.0 Å². The summed E-state index contributed by atoms with van der Waals surface area (Å²) in [6.07, 6.45) is -0.756. The van der Waals surface area contributed by atoms with Crippen LogP contribution in [-0.4, -0.2) is 52.2 Å². The van der Waals surface area contributed by atoms with Gasteiger partial charge in [0, 0.05) is 12.0 Å². The van der Waals surface area contributed by atoms with Crippen LogP contribution in [0.25, 0.3) is 0 Å². The SMILES string of the molecule is COC(=O)Cc1ccc(OCC(C)C(N)C(O)c2cc(OC)c(OC)c(OC)c2)cc1. The van der Waals surface area contributed by atoms with Gasteiger partial charge < -0.3 is 34.5 Å². The van der Waals surface area contributed by atoms with E-state index in [-0.39, 0.29) is 18.3 Å². The van der Waals surface area contributed by atoms with E-state index in [0.717, 1.165) is 5.56 Å². The van der Waals surface area contributed by atoms with Gasteiger partial charge in [-0.2, -0.15) is 0 Å². The Balaban J connectivity index is 2.02. The van der Waals surface area contributed by atoms with E-state index < -0.39 is 12.1 Å². The molecule has 2 rings (SSSR count). The van der Waals surface area contributed by atoms with Crippen LogP contribution in [0.1, 0.15) is 24.2 Å². The van der Waals surface area contributed by atoms with Gasteiger partial charge in [-0.15, -0.1) is 0 Å². The summed E-state index contributed by atoms with van der Waals surface area (Å²) in [5.41, 5.74) is 7.70. The average molecular weight is 434 g/mol. The second-order valence-corrected chi connectivity index (χ2v) is 7.17. The summed E-state index contributed by atoms with van der Waals surface area (Å²) < 4.78 is 26.5. The molecule has 31 heavy (non-hydrogen) atoms. The van der Waals surface area contributed by atoms with Crippen molar-refractivity contribution >= 4 is 5.97 Å². The van der Waals surface area contributed by atoms with Gasteiger partial charge in [-0.05, 0) is 35.4 Å². The number of aliphatic hydroxyl groups excluding tert-OH is 1. The minimum absolute atomic E-state index is 0.163. The molecule has 2 aromatic carbocycles. The first-order valence-electron chi connectivity index (χ1n) is 9.86. The molecule has 0 amide bonds. The Labute approximate surface area is 182 Å². The Hall–Kier alpha value is -2.97. The monoisotopic (exact) mass is 433 g/mol. The Morgan fingerprint density at radius 3 is 2.06 bits per heavy atom. The van der Waals surface area contributed by atoms with E-state index in [0.29, 0.717) is 35.2 Å². The molecule has 0 radical (unpaired) electrons. The quantitative estimate of drug-likeness (QED) is 0.520. The highest BCUT2D eigenvalue weighted by Gasteiger charge is 2.26. The molecule has 2 aromatic rings. The van der Waals surface area contributed by atoms with Crippen molar-refractivity contribution in [2.24, 2.45) is 11.7 Å². The summed E-state index contributed by atoms with van der Waals surface area (Å²) in [7, 11) is 5.90. The molecular formula is C23H31NO7. The highest BCUT2D eigenvalue weighted by Crippen LogP contribution is 2.40. The fourth-order valence-corrected chi connectivity index (χ4v) is 3.09. The first-order valence-corrected chi connectivity index (χ1v) is 9.86. The molecule has 3 atom stereocenters. The molecule has 0 fully saturated rings. The Bertz CT molecular complexity index is 828. The van der Waals surface area contributed by atoms with Gasteiger partial charge in [0.25, 0.3) is 0 Å². The Kier molecular flexibility index (Phi) is 8.96. The Morgan fingerprint density at radius 1 is 1.00 bits per heavy atom. The third-order valence-corrected chi connectivity index (χ3v) is 5.06. The molecule has 0 aliphatic carbocycles. The zero-order valence-electron chi connectivity index (χ0n) is 18.6. The van der Waals surface area contributed by atoms with E-state index in [4.69, 9.17) is 24.7 Å². The molecule has 0 bridgehead atoms. The third kappa shape index (κ3) is 6.26. The van der Waals surface area contributed by atoms with E-state index in [1.807, 2.05) is 19.1 Å². The van der Waals surface area contributed by atoms with Gasteiger partial charge in [-0.1, -0.05) is 19.1 Å². The summed E-state index contributed by atoms with van der Waals surface area (Å²) in [6.45, 7) is 2.20. The molecule has 0 saturated heterocycles. The summed E-state index contributed by atoms with van der Waals surface area (Å²) in [4.78, 5) is 11.3. The third-order valence-electron chi connectivity index (χ3n) is 5.06. The number of methoxy groups -OCH3 is 4. The number of nitrogens with two attached hydrogens (primary N) is 1. The lowest BCUT2D eigenvalue weighted by molar-refractivity contribution is -0.139. The van der Waals surface area contributed by atoms with Crippen LogP contribution in [0.2, 0.25) is 0 Å². The molecule has 0 aromatic heterocycles. The van der Waals surface area contributed by atoms with Gasteiger partial charge in [0.2, 0.25) is 5.75 Å². The lowest BCUT2D eigenvalue weighted by Crippen LogP contribution is -2.37. The van der Waals surface area contributed by atoms with Crippen LogP contribution in [0.3, 0.4) is 0 Å². The topological polar surface area (TPSA) is 109 Å². The van der Waals surface area contributed by atoms with Gasteiger partial charge in [0.1, 0.15) is 5.75 Å². The molecule has 3 N–H and O–H groups in total.